The van der Waals surface area contributed by atoms with Crippen LogP contribution in [0.25, 0.3) is 10.9 Å². The lowest BCUT2D eigenvalue weighted by Gasteiger charge is -2.22. The molecule has 0 saturated carbocycles. The Hall–Kier alpha value is -1.69. The van der Waals surface area contributed by atoms with Gasteiger partial charge in [0, 0.05) is 28.4 Å². The molecule has 5 nitrogen and oxygen atoms in total. The van der Waals surface area contributed by atoms with Crippen LogP contribution in [0.4, 0.5) is 5.69 Å². The smallest absolute Gasteiger partial charge is 0.295 e. The van der Waals surface area contributed by atoms with Crippen LogP contribution in [-0.4, -0.2) is 21.8 Å². The molecule has 0 radical (unpaired) electrons. The molecule has 0 spiro atoms. The Morgan fingerprint density at radius 1 is 1.40 bits per heavy atom. The number of alkyl halides is 1. The summed E-state index contributed by atoms with van der Waals surface area (Å²) in [5, 5.41) is 12.5. The lowest BCUT2D eigenvalue weighted by molar-refractivity contribution is -0.383. The molecular weight excluding hydrogens is 324 g/mol. The summed E-state index contributed by atoms with van der Waals surface area (Å²) in [5.41, 5.74) is 0.329. The molecule has 1 heterocycles. The van der Waals surface area contributed by atoms with E-state index in [-0.39, 0.29) is 11.1 Å². The number of nitro groups is 1. The molecule has 0 unspecified atom stereocenters. The van der Waals surface area contributed by atoms with Crippen molar-refractivity contribution < 1.29 is 9.66 Å². The first-order valence-corrected chi connectivity index (χ1v) is 7.28. The van der Waals surface area contributed by atoms with Crippen molar-refractivity contribution in [3.63, 3.8) is 0 Å². The van der Waals surface area contributed by atoms with Crippen molar-refractivity contribution in [2.24, 2.45) is 5.41 Å². The topological polar surface area (TPSA) is 65.3 Å². The van der Waals surface area contributed by atoms with Gasteiger partial charge in [0.25, 0.3) is 5.69 Å². The molecule has 1 aromatic carbocycles. The Morgan fingerprint density at radius 3 is 2.80 bits per heavy atom. The Labute approximate surface area is 125 Å². The molecule has 106 valence electrons. The highest BCUT2D eigenvalue weighted by atomic mass is 79.9. The van der Waals surface area contributed by atoms with Crippen molar-refractivity contribution in [1.82, 2.24) is 4.98 Å². The molecule has 0 aliphatic rings. The average Bonchev–Trinajstić information content (AvgIpc) is 2.44. The SMILES string of the molecule is CC(C)(CBr)COc1ccc([N+](=O)[O-])c2ncccc12. The molecule has 0 N–H and O–H groups in total. The number of ether oxygens (including phenoxy) is 1. The molecular formula is C14H15BrN2O3. The lowest BCUT2D eigenvalue weighted by atomic mass is 9.98. The average molecular weight is 339 g/mol. The van der Waals surface area contributed by atoms with Crippen molar-refractivity contribution >= 4 is 32.5 Å². The first-order chi connectivity index (χ1) is 9.44. The molecule has 0 atom stereocenters. The zero-order valence-electron chi connectivity index (χ0n) is 11.3. The van der Waals surface area contributed by atoms with Gasteiger partial charge in [0.05, 0.1) is 11.5 Å². The normalized spacial score (nSPS) is 11.6. The molecule has 0 aliphatic carbocycles. The Bertz CT molecular complexity index is 643. The van der Waals surface area contributed by atoms with E-state index in [2.05, 4.69) is 34.8 Å². The van der Waals surface area contributed by atoms with E-state index in [4.69, 9.17) is 4.74 Å². The van der Waals surface area contributed by atoms with E-state index in [9.17, 15) is 10.1 Å². The van der Waals surface area contributed by atoms with E-state index in [1.165, 1.54) is 6.07 Å². The summed E-state index contributed by atoms with van der Waals surface area (Å²) >= 11 is 3.44. The van der Waals surface area contributed by atoms with Crippen molar-refractivity contribution in [1.29, 1.82) is 0 Å². The number of nitro benzene ring substituents is 1. The van der Waals surface area contributed by atoms with Gasteiger partial charge in [-0.15, -0.1) is 0 Å². The first-order valence-electron chi connectivity index (χ1n) is 6.15. The number of fused-ring (bicyclic) bond motifs is 1. The van der Waals surface area contributed by atoms with Crippen LogP contribution in [0.3, 0.4) is 0 Å². The van der Waals surface area contributed by atoms with Gasteiger partial charge >= 0.3 is 0 Å². The highest BCUT2D eigenvalue weighted by molar-refractivity contribution is 9.09. The quantitative estimate of drug-likeness (QED) is 0.470. The van der Waals surface area contributed by atoms with Crippen molar-refractivity contribution in [2.45, 2.75) is 13.8 Å². The van der Waals surface area contributed by atoms with Crippen LogP contribution >= 0.6 is 15.9 Å². The van der Waals surface area contributed by atoms with Gasteiger partial charge in [0.2, 0.25) is 0 Å². The van der Waals surface area contributed by atoms with Crippen molar-refractivity contribution in [3.05, 3.63) is 40.6 Å². The lowest BCUT2D eigenvalue weighted by Crippen LogP contribution is -2.22. The van der Waals surface area contributed by atoms with Crippen molar-refractivity contribution in [2.75, 3.05) is 11.9 Å². The summed E-state index contributed by atoms with van der Waals surface area (Å²) in [4.78, 5) is 14.7. The van der Waals surface area contributed by atoms with Gasteiger partial charge in [-0.05, 0) is 18.2 Å². The summed E-state index contributed by atoms with van der Waals surface area (Å²) in [6.45, 7) is 4.67. The summed E-state index contributed by atoms with van der Waals surface area (Å²) in [6.07, 6.45) is 1.54. The van der Waals surface area contributed by atoms with Crippen LogP contribution in [-0.2, 0) is 0 Å². The number of hydrogen-bond donors (Lipinski definition) is 0. The highest BCUT2D eigenvalue weighted by Crippen LogP contribution is 2.32. The van der Waals surface area contributed by atoms with E-state index in [0.29, 0.717) is 23.3 Å². The number of pyridine rings is 1. The number of aromatic nitrogens is 1. The van der Waals surface area contributed by atoms with Crippen LogP contribution < -0.4 is 4.74 Å². The second kappa shape index (κ2) is 5.75. The zero-order chi connectivity index (χ0) is 14.8. The van der Waals surface area contributed by atoms with Crippen LogP contribution in [0, 0.1) is 15.5 Å². The summed E-state index contributed by atoms with van der Waals surface area (Å²) in [5.74, 6) is 0.618. The van der Waals surface area contributed by atoms with E-state index < -0.39 is 4.92 Å². The molecule has 0 aliphatic heterocycles. The van der Waals surface area contributed by atoms with E-state index >= 15 is 0 Å². The molecule has 20 heavy (non-hydrogen) atoms. The molecule has 0 amide bonds. The number of benzene rings is 1. The predicted octanol–water partition coefficient (Wildman–Crippen LogP) is 3.94. The minimum Gasteiger partial charge on any atom is -0.492 e. The molecule has 2 aromatic rings. The number of nitrogens with zero attached hydrogens (tertiary/aromatic N) is 2. The van der Waals surface area contributed by atoms with Gasteiger partial charge < -0.3 is 4.74 Å². The van der Waals surface area contributed by atoms with E-state index in [1.807, 2.05) is 0 Å². The van der Waals surface area contributed by atoms with Gasteiger partial charge in [-0.3, -0.25) is 10.1 Å². The number of halogens is 1. The maximum Gasteiger partial charge on any atom is 0.295 e. The summed E-state index contributed by atoms with van der Waals surface area (Å²) in [6, 6.07) is 6.60. The van der Waals surface area contributed by atoms with Crippen LogP contribution in [0.5, 0.6) is 5.75 Å². The molecule has 0 saturated heterocycles. The minimum absolute atomic E-state index is 0.00676. The third kappa shape index (κ3) is 3.07. The Morgan fingerprint density at radius 2 is 2.15 bits per heavy atom. The second-order valence-electron chi connectivity index (χ2n) is 5.33. The van der Waals surface area contributed by atoms with Crippen LogP contribution in [0.1, 0.15) is 13.8 Å². The molecule has 1 aromatic heterocycles. The van der Waals surface area contributed by atoms with E-state index in [0.717, 1.165) is 5.33 Å². The number of rotatable bonds is 5. The standard InChI is InChI=1S/C14H15BrN2O3/c1-14(2,8-15)9-20-12-6-5-11(17(18)19)13-10(12)4-3-7-16-13/h3-7H,8-9H2,1-2H3. The number of hydrogen-bond acceptors (Lipinski definition) is 4. The highest BCUT2D eigenvalue weighted by Gasteiger charge is 2.20. The fourth-order valence-electron chi connectivity index (χ4n) is 1.72. The fraction of sp³-hybridized carbons (Fsp3) is 0.357. The molecule has 0 bridgehead atoms. The van der Waals surface area contributed by atoms with Gasteiger partial charge in [-0.25, -0.2) is 4.98 Å². The van der Waals surface area contributed by atoms with Crippen molar-refractivity contribution in [3.8, 4) is 5.75 Å². The van der Waals surface area contributed by atoms with E-state index in [1.54, 1.807) is 24.4 Å². The monoisotopic (exact) mass is 338 g/mol. The summed E-state index contributed by atoms with van der Waals surface area (Å²) < 4.78 is 5.82. The first kappa shape index (κ1) is 14.7. The summed E-state index contributed by atoms with van der Waals surface area (Å²) in [7, 11) is 0. The maximum atomic E-state index is 11.0. The predicted molar refractivity (Wildman–Crippen MR) is 81.5 cm³/mol. The van der Waals surface area contributed by atoms with Gasteiger partial charge in [0.1, 0.15) is 5.75 Å². The Balaban J connectivity index is 2.41. The van der Waals surface area contributed by atoms with Gasteiger partial charge in [0.15, 0.2) is 5.52 Å². The van der Waals surface area contributed by atoms with Crippen LogP contribution in [0.2, 0.25) is 0 Å². The maximum absolute atomic E-state index is 11.0. The largest absolute Gasteiger partial charge is 0.492 e. The third-order valence-corrected chi connectivity index (χ3v) is 4.40. The van der Waals surface area contributed by atoms with Gasteiger partial charge in [-0.1, -0.05) is 29.8 Å². The second-order valence-corrected chi connectivity index (χ2v) is 5.89. The number of non-ortho nitro benzene ring substituents is 1. The van der Waals surface area contributed by atoms with Crippen LogP contribution in [0.15, 0.2) is 30.5 Å². The van der Waals surface area contributed by atoms with Gasteiger partial charge in [-0.2, -0.15) is 0 Å². The third-order valence-electron chi connectivity index (χ3n) is 2.89. The Kier molecular flexibility index (Phi) is 4.23. The fourth-order valence-corrected chi connectivity index (χ4v) is 1.88. The minimum atomic E-state index is -0.429. The molecule has 0 fully saturated rings. The zero-order valence-corrected chi connectivity index (χ0v) is 12.9. The molecule has 6 heteroatoms. The molecule has 2 rings (SSSR count).